The van der Waals surface area contributed by atoms with Gasteiger partial charge in [-0.1, -0.05) is 6.07 Å². The van der Waals surface area contributed by atoms with Gasteiger partial charge in [0.2, 0.25) is 0 Å². The highest BCUT2D eigenvalue weighted by Crippen LogP contribution is 2.31. The van der Waals surface area contributed by atoms with Crippen molar-refractivity contribution in [1.29, 1.82) is 0 Å². The molecule has 0 aliphatic carbocycles. The van der Waals surface area contributed by atoms with Crippen LogP contribution in [0.2, 0.25) is 0 Å². The fraction of sp³-hybridized carbons (Fsp3) is 0.300. The molecule has 0 radical (unpaired) electrons. The Morgan fingerprint density at radius 3 is 2.57 bits per heavy atom. The van der Waals surface area contributed by atoms with E-state index in [4.69, 9.17) is 22.4 Å². The van der Waals surface area contributed by atoms with Crippen LogP contribution in [0.4, 0.5) is 5.69 Å². The Labute approximate surface area is 87.5 Å². The molecule has 14 heavy (non-hydrogen) atoms. The molecule has 1 atom stereocenters. The summed E-state index contributed by atoms with van der Waals surface area (Å²) < 4.78 is 0. The van der Waals surface area contributed by atoms with E-state index in [1.54, 1.807) is 13.0 Å². The third-order valence-corrected chi connectivity index (χ3v) is 2.35. The lowest BCUT2D eigenvalue weighted by molar-refractivity contribution is 0.0695. The summed E-state index contributed by atoms with van der Waals surface area (Å²) in [5.74, 6) is -1.00. The van der Waals surface area contributed by atoms with Crippen LogP contribution in [0.5, 0.6) is 0 Å². The maximum atomic E-state index is 10.9. The molecule has 0 saturated carbocycles. The van der Waals surface area contributed by atoms with Crippen molar-refractivity contribution in [3.05, 3.63) is 28.8 Å². The number of hydrogen-bond acceptors (Lipinski definition) is 2. The largest absolute Gasteiger partial charge is 0.478 e. The first kappa shape index (κ1) is 10.9. The molecule has 0 spiro atoms. The van der Waals surface area contributed by atoms with Gasteiger partial charge in [-0.25, -0.2) is 4.79 Å². The highest BCUT2D eigenvalue weighted by Gasteiger charge is 2.17. The van der Waals surface area contributed by atoms with E-state index in [0.29, 0.717) is 11.3 Å². The molecule has 4 heteroatoms. The van der Waals surface area contributed by atoms with Crippen molar-refractivity contribution in [3.63, 3.8) is 0 Å². The van der Waals surface area contributed by atoms with Crippen LogP contribution < -0.4 is 5.73 Å². The summed E-state index contributed by atoms with van der Waals surface area (Å²) in [6.45, 7) is 3.53. The summed E-state index contributed by atoms with van der Waals surface area (Å²) in [6.07, 6.45) is 0. The molecule has 0 aromatic heterocycles. The first-order valence-electron chi connectivity index (χ1n) is 4.21. The van der Waals surface area contributed by atoms with Crippen molar-refractivity contribution >= 4 is 23.3 Å². The van der Waals surface area contributed by atoms with E-state index in [9.17, 15) is 4.79 Å². The van der Waals surface area contributed by atoms with Gasteiger partial charge in [0, 0.05) is 11.3 Å². The number of aryl methyl sites for hydroxylation is 1. The molecule has 76 valence electrons. The van der Waals surface area contributed by atoms with Gasteiger partial charge in [0.25, 0.3) is 0 Å². The smallest absolute Gasteiger partial charge is 0.336 e. The molecule has 1 aromatic carbocycles. The normalized spacial score (nSPS) is 12.5. The lowest BCUT2D eigenvalue weighted by Crippen LogP contribution is -2.07. The molecule has 1 rings (SSSR count). The average molecular weight is 214 g/mol. The highest BCUT2D eigenvalue weighted by molar-refractivity contribution is 6.21. The number of nitrogens with two attached hydrogens (primary N) is 1. The van der Waals surface area contributed by atoms with E-state index < -0.39 is 11.3 Å². The summed E-state index contributed by atoms with van der Waals surface area (Å²) in [5.41, 5.74) is 7.76. The van der Waals surface area contributed by atoms with Gasteiger partial charge < -0.3 is 10.8 Å². The predicted octanol–water partition coefficient (Wildman–Crippen LogP) is 2.58. The number of carboxylic acid groups (broad SMARTS) is 1. The minimum Gasteiger partial charge on any atom is -0.478 e. The van der Waals surface area contributed by atoms with Crippen LogP contribution in [0.1, 0.15) is 33.8 Å². The number of aromatic carboxylic acids is 1. The lowest BCUT2D eigenvalue weighted by atomic mass is 9.99. The van der Waals surface area contributed by atoms with E-state index in [-0.39, 0.29) is 5.56 Å². The molecule has 0 fully saturated rings. The lowest BCUT2D eigenvalue weighted by Gasteiger charge is -2.13. The van der Waals surface area contributed by atoms with E-state index in [1.807, 2.05) is 6.92 Å². The molecular formula is C10H12ClNO2. The van der Waals surface area contributed by atoms with Gasteiger partial charge in [0.1, 0.15) is 0 Å². The summed E-state index contributed by atoms with van der Waals surface area (Å²) in [4.78, 5) is 10.9. The summed E-state index contributed by atoms with van der Waals surface area (Å²) in [5, 5.41) is 8.51. The van der Waals surface area contributed by atoms with Crippen LogP contribution in [0.25, 0.3) is 0 Å². The average Bonchev–Trinajstić information content (AvgIpc) is 2.08. The second-order valence-corrected chi connectivity index (χ2v) is 3.83. The Morgan fingerprint density at radius 2 is 2.14 bits per heavy atom. The van der Waals surface area contributed by atoms with Gasteiger partial charge in [0.15, 0.2) is 0 Å². The Bertz CT molecular complexity index is 375. The number of alkyl halides is 1. The molecule has 0 bridgehead atoms. The fourth-order valence-corrected chi connectivity index (χ4v) is 1.60. The van der Waals surface area contributed by atoms with Crippen molar-refractivity contribution in [2.45, 2.75) is 19.2 Å². The van der Waals surface area contributed by atoms with E-state index in [0.717, 1.165) is 5.56 Å². The minimum atomic E-state index is -1.00. The fourth-order valence-electron chi connectivity index (χ4n) is 1.36. The number of carboxylic acids is 1. The Kier molecular flexibility index (Phi) is 3.01. The number of halogens is 1. The van der Waals surface area contributed by atoms with Crippen molar-refractivity contribution in [2.75, 3.05) is 5.73 Å². The van der Waals surface area contributed by atoms with Gasteiger partial charge in [-0.2, -0.15) is 0 Å². The van der Waals surface area contributed by atoms with Crippen LogP contribution in [-0.4, -0.2) is 11.1 Å². The summed E-state index contributed by atoms with van der Waals surface area (Å²) in [6, 6.07) is 3.21. The van der Waals surface area contributed by atoms with Crippen LogP contribution in [0, 0.1) is 6.92 Å². The van der Waals surface area contributed by atoms with E-state index in [2.05, 4.69) is 0 Å². The second kappa shape index (κ2) is 3.88. The van der Waals surface area contributed by atoms with Crippen molar-refractivity contribution in [1.82, 2.24) is 0 Å². The zero-order valence-electron chi connectivity index (χ0n) is 8.04. The molecule has 1 unspecified atom stereocenters. The molecule has 0 heterocycles. The second-order valence-electron chi connectivity index (χ2n) is 3.18. The number of benzene rings is 1. The first-order valence-corrected chi connectivity index (χ1v) is 4.65. The molecule has 1 aromatic rings. The van der Waals surface area contributed by atoms with Gasteiger partial charge in [0.05, 0.1) is 10.9 Å². The summed E-state index contributed by atoms with van der Waals surface area (Å²) in [7, 11) is 0. The molecule has 0 saturated heterocycles. The zero-order chi connectivity index (χ0) is 10.9. The van der Waals surface area contributed by atoms with Crippen molar-refractivity contribution in [2.24, 2.45) is 0 Å². The Balaban J connectivity index is 3.45. The molecule has 0 aliphatic rings. The van der Waals surface area contributed by atoms with Crippen molar-refractivity contribution < 1.29 is 9.90 Å². The Morgan fingerprint density at radius 1 is 1.57 bits per heavy atom. The van der Waals surface area contributed by atoms with E-state index >= 15 is 0 Å². The quantitative estimate of drug-likeness (QED) is 0.586. The minimum absolute atomic E-state index is 0.176. The number of nitrogen functional groups attached to an aromatic ring is 1. The van der Waals surface area contributed by atoms with Gasteiger partial charge in [-0.15, -0.1) is 11.6 Å². The monoisotopic (exact) mass is 213 g/mol. The standard InChI is InChI=1S/C10H12ClNO2/c1-5-3-4-7(10(13)14)8(6(2)11)9(5)12/h3-4,6H,12H2,1-2H3,(H,13,14). The van der Waals surface area contributed by atoms with Gasteiger partial charge in [-0.3, -0.25) is 0 Å². The van der Waals surface area contributed by atoms with Gasteiger partial charge >= 0.3 is 5.97 Å². The predicted molar refractivity (Wildman–Crippen MR) is 56.8 cm³/mol. The van der Waals surface area contributed by atoms with Crippen LogP contribution in [-0.2, 0) is 0 Å². The third kappa shape index (κ3) is 1.82. The van der Waals surface area contributed by atoms with Crippen LogP contribution in [0.15, 0.2) is 12.1 Å². The molecular weight excluding hydrogens is 202 g/mol. The van der Waals surface area contributed by atoms with E-state index in [1.165, 1.54) is 6.07 Å². The Hall–Kier alpha value is -1.22. The third-order valence-electron chi connectivity index (χ3n) is 2.13. The molecule has 0 aliphatic heterocycles. The SMILES string of the molecule is Cc1ccc(C(=O)O)c(C(C)Cl)c1N. The number of anilines is 1. The topological polar surface area (TPSA) is 63.3 Å². The van der Waals surface area contributed by atoms with Crippen LogP contribution in [0.3, 0.4) is 0 Å². The first-order chi connectivity index (χ1) is 6.45. The highest BCUT2D eigenvalue weighted by atomic mass is 35.5. The molecule has 0 amide bonds. The number of carbonyl (C=O) groups is 1. The van der Waals surface area contributed by atoms with Crippen molar-refractivity contribution in [3.8, 4) is 0 Å². The maximum Gasteiger partial charge on any atom is 0.336 e. The zero-order valence-corrected chi connectivity index (χ0v) is 8.80. The molecule has 3 N–H and O–H groups in total. The maximum absolute atomic E-state index is 10.9. The van der Waals surface area contributed by atoms with Crippen LogP contribution >= 0.6 is 11.6 Å². The number of rotatable bonds is 2. The molecule has 3 nitrogen and oxygen atoms in total. The van der Waals surface area contributed by atoms with Gasteiger partial charge in [-0.05, 0) is 25.5 Å². The summed E-state index contributed by atoms with van der Waals surface area (Å²) >= 11 is 5.89. The number of hydrogen-bond donors (Lipinski definition) is 2.